The third-order valence-corrected chi connectivity index (χ3v) is 6.53. The zero-order chi connectivity index (χ0) is 24.6. The van der Waals surface area contributed by atoms with E-state index in [1.54, 1.807) is 19.1 Å². The molecule has 2 atom stereocenters. The van der Waals surface area contributed by atoms with Crippen LogP contribution in [0.5, 0.6) is 0 Å². The SMILES string of the molecule is COC(=O)C1=C(C)NC2=C(C(=O)C[C@H](c3ccc(N(C)C)cc3)C2)[C@@H]1c1cccc([N+](=O)[O-])c1. The molecule has 176 valence electrons. The summed E-state index contributed by atoms with van der Waals surface area (Å²) in [5, 5.41) is 14.7. The number of nitrogens with one attached hydrogen (secondary N) is 1. The number of ether oxygens (including phenoxy) is 1. The molecule has 0 spiro atoms. The third-order valence-electron chi connectivity index (χ3n) is 6.53. The molecule has 4 rings (SSSR count). The Morgan fingerprint density at radius 3 is 2.44 bits per heavy atom. The quantitative estimate of drug-likeness (QED) is 0.405. The van der Waals surface area contributed by atoms with Gasteiger partial charge in [0.2, 0.25) is 0 Å². The summed E-state index contributed by atoms with van der Waals surface area (Å²) in [4.78, 5) is 39.2. The van der Waals surface area contributed by atoms with E-state index in [0.717, 1.165) is 16.9 Å². The van der Waals surface area contributed by atoms with Gasteiger partial charge in [0.25, 0.3) is 5.69 Å². The first-order valence-corrected chi connectivity index (χ1v) is 11.0. The monoisotopic (exact) mass is 461 g/mol. The predicted molar refractivity (Wildman–Crippen MR) is 128 cm³/mol. The summed E-state index contributed by atoms with van der Waals surface area (Å²) in [6.07, 6.45) is 0.889. The van der Waals surface area contributed by atoms with Crippen molar-refractivity contribution in [3.8, 4) is 0 Å². The molecule has 2 aromatic carbocycles. The highest BCUT2D eigenvalue weighted by Gasteiger charge is 2.41. The van der Waals surface area contributed by atoms with Gasteiger partial charge < -0.3 is 15.0 Å². The van der Waals surface area contributed by atoms with Crippen molar-refractivity contribution in [1.82, 2.24) is 5.32 Å². The molecule has 8 nitrogen and oxygen atoms in total. The van der Waals surface area contributed by atoms with Gasteiger partial charge >= 0.3 is 5.97 Å². The number of methoxy groups -OCH3 is 1. The summed E-state index contributed by atoms with van der Waals surface area (Å²) >= 11 is 0. The van der Waals surface area contributed by atoms with Crippen molar-refractivity contribution < 1.29 is 19.2 Å². The topological polar surface area (TPSA) is 102 Å². The number of nitrogens with zero attached hydrogens (tertiary/aromatic N) is 2. The molecular weight excluding hydrogens is 434 g/mol. The first-order chi connectivity index (χ1) is 16.2. The second-order valence-corrected chi connectivity index (χ2v) is 8.85. The zero-order valence-electron chi connectivity index (χ0n) is 19.6. The van der Waals surface area contributed by atoms with Crippen molar-refractivity contribution in [3.63, 3.8) is 0 Å². The molecule has 0 saturated heterocycles. The van der Waals surface area contributed by atoms with Crippen LogP contribution in [0.4, 0.5) is 11.4 Å². The van der Waals surface area contributed by atoms with Crippen LogP contribution in [0.25, 0.3) is 0 Å². The molecular formula is C26H27N3O5. The second kappa shape index (κ2) is 9.13. The van der Waals surface area contributed by atoms with Crippen LogP contribution in [0.15, 0.2) is 71.1 Å². The van der Waals surface area contributed by atoms with Crippen LogP contribution in [-0.2, 0) is 14.3 Å². The Morgan fingerprint density at radius 1 is 1.12 bits per heavy atom. The van der Waals surface area contributed by atoms with Crippen LogP contribution >= 0.6 is 0 Å². The second-order valence-electron chi connectivity index (χ2n) is 8.85. The van der Waals surface area contributed by atoms with E-state index in [1.807, 2.05) is 43.3 Å². The van der Waals surface area contributed by atoms with Gasteiger partial charge in [-0.1, -0.05) is 24.3 Å². The number of carbonyl (C=O) groups is 2. The van der Waals surface area contributed by atoms with E-state index >= 15 is 0 Å². The third kappa shape index (κ3) is 4.19. The number of benzene rings is 2. The summed E-state index contributed by atoms with van der Waals surface area (Å²) in [6.45, 7) is 1.76. The number of dihydropyridines is 1. The van der Waals surface area contributed by atoms with Crippen LogP contribution in [0.2, 0.25) is 0 Å². The van der Waals surface area contributed by atoms with Gasteiger partial charge in [0.1, 0.15) is 0 Å². The summed E-state index contributed by atoms with van der Waals surface area (Å²) in [5.41, 5.74) is 4.68. The maximum atomic E-state index is 13.5. The molecule has 1 aliphatic heterocycles. The van der Waals surface area contributed by atoms with Crippen molar-refractivity contribution >= 4 is 23.1 Å². The number of carbonyl (C=O) groups excluding carboxylic acids is 2. The molecule has 1 N–H and O–H groups in total. The van der Waals surface area contributed by atoms with E-state index in [-0.39, 0.29) is 17.4 Å². The fourth-order valence-electron chi connectivity index (χ4n) is 4.85. The van der Waals surface area contributed by atoms with Gasteiger partial charge in [-0.15, -0.1) is 0 Å². The number of esters is 1. The Hall–Kier alpha value is -3.94. The van der Waals surface area contributed by atoms with Crippen molar-refractivity contribution in [2.24, 2.45) is 0 Å². The largest absolute Gasteiger partial charge is 0.466 e. The Balaban J connectivity index is 1.78. The fraction of sp³-hybridized carbons (Fsp3) is 0.308. The number of hydrogen-bond acceptors (Lipinski definition) is 7. The minimum atomic E-state index is -0.729. The molecule has 0 amide bonds. The molecule has 0 unspecified atom stereocenters. The minimum Gasteiger partial charge on any atom is -0.466 e. The van der Waals surface area contributed by atoms with Gasteiger partial charge in [0, 0.05) is 61.2 Å². The van der Waals surface area contributed by atoms with E-state index in [1.165, 1.54) is 19.2 Å². The summed E-state index contributed by atoms with van der Waals surface area (Å²) in [6, 6.07) is 14.3. The normalized spacial score (nSPS) is 19.9. The number of nitro benzene ring substituents is 1. The number of anilines is 1. The maximum absolute atomic E-state index is 13.5. The Morgan fingerprint density at radius 2 is 1.82 bits per heavy atom. The van der Waals surface area contributed by atoms with Crippen molar-refractivity contribution in [1.29, 1.82) is 0 Å². The number of ketones is 1. The van der Waals surface area contributed by atoms with Crippen LogP contribution in [-0.4, -0.2) is 37.9 Å². The first kappa shape index (κ1) is 23.2. The molecule has 34 heavy (non-hydrogen) atoms. The number of nitro groups is 1. The fourth-order valence-corrected chi connectivity index (χ4v) is 4.85. The van der Waals surface area contributed by atoms with E-state index in [2.05, 4.69) is 5.32 Å². The van der Waals surface area contributed by atoms with Gasteiger partial charge in [-0.3, -0.25) is 14.9 Å². The Bertz CT molecular complexity index is 1230. The van der Waals surface area contributed by atoms with Crippen LogP contribution in [0, 0.1) is 10.1 Å². The van der Waals surface area contributed by atoms with Crippen LogP contribution in [0.3, 0.4) is 0 Å². The lowest BCUT2D eigenvalue weighted by molar-refractivity contribution is -0.384. The van der Waals surface area contributed by atoms with Gasteiger partial charge in [0.15, 0.2) is 5.78 Å². The summed E-state index contributed by atoms with van der Waals surface area (Å²) in [7, 11) is 5.24. The van der Waals surface area contributed by atoms with Gasteiger partial charge in [-0.05, 0) is 42.5 Å². The molecule has 0 bridgehead atoms. The molecule has 1 heterocycles. The molecule has 2 aromatic rings. The van der Waals surface area contributed by atoms with Crippen molar-refractivity contribution in [2.45, 2.75) is 31.6 Å². The number of rotatable bonds is 5. The first-order valence-electron chi connectivity index (χ1n) is 11.0. The minimum absolute atomic E-state index is 0.00630. The van der Waals surface area contributed by atoms with Crippen molar-refractivity contribution in [2.75, 3.05) is 26.1 Å². The highest BCUT2D eigenvalue weighted by Crippen LogP contribution is 2.46. The number of Topliss-reactive ketones (excluding diaryl/α,β-unsaturated/α-hetero) is 1. The van der Waals surface area contributed by atoms with Gasteiger partial charge in [-0.25, -0.2) is 4.79 Å². The average Bonchev–Trinajstić information content (AvgIpc) is 2.82. The van der Waals surface area contributed by atoms with E-state index in [0.29, 0.717) is 35.2 Å². The average molecular weight is 462 g/mol. The van der Waals surface area contributed by atoms with Crippen molar-refractivity contribution in [3.05, 3.63) is 92.3 Å². The molecule has 0 aromatic heterocycles. The Kier molecular flexibility index (Phi) is 6.24. The summed E-state index contributed by atoms with van der Waals surface area (Å²) in [5.74, 6) is -1.38. The number of allylic oxidation sites excluding steroid dienone is 3. The maximum Gasteiger partial charge on any atom is 0.336 e. The summed E-state index contributed by atoms with van der Waals surface area (Å²) < 4.78 is 5.02. The Labute approximate surface area is 198 Å². The molecule has 2 aliphatic rings. The molecule has 0 fully saturated rings. The predicted octanol–water partition coefficient (Wildman–Crippen LogP) is 4.20. The molecule has 1 aliphatic carbocycles. The smallest absolute Gasteiger partial charge is 0.336 e. The highest BCUT2D eigenvalue weighted by atomic mass is 16.6. The lowest BCUT2D eigenvalue weighted by Gasteiger charge is -2.36. The molecule has 0 saturated carbocycles. The zero-order valence-corrected chi connectivity index (χ0v) is 19.6. The van der Waals surface area contributed by atoms with E-state index in [9.17, 15) is 19.7 Å². The molecule has 0 radical (unpaired) electrons. The lowest BCUT2D eigenvalue weighted by atomic mass is 9.71. The van der Waals surface area contributed by atoms with Gasteiger partial charge in [-0.2, -0.15) is 0 Å². The standard InChI is InChI=1S/C26H27N3O5/c1-15-23(26(31)34-4)24(17-6-5-7-20(12-17)29(32)33)25-21(27-15)13-18(14-22(25)30)16-8-10-19(11-9-16)28(2)3/h5-12,18,24,27H,13-14H2,1-4H3/t18-,24-/m1/s1. The highest BCUT2D eigenvalue weighted by molar-refractivity contribution is 6.04. The number of non-ortho nitro benzene ring substituents is 1. The van der Waals surface area contributed by atoms with Crippen LogP contribution < -0.4 is 10.2 Å². The lowest BCUT2D eigenvalue weighted by Crippen LogP contribution is -2.36. The van der Waals surface area contributed by atoms with E-state index < -0.39 is 16.8 Å². The molecule has 8 heteroatoms. The number of hydrogen-bond donors (Lipinski definition) is 1. The van der Waals surface area contributed by atoms with E-state index in [4.69, 9.17) is 4.74 Å². The van der Waals surface area contributed by atoms with Gasteiger partial charge in [0.05, 0.1) is 17.6 Å². The van der Waals surface area contributed by atoms with Crippen LogP contribution in [0.1, 0.15) is 42.7 Å².